The average Bonchev–Trinajstić information content (AvgIpc) is 2.87. The average molecular weight is 298 g/mol. The third-order valence-electron chi connectivity index (χ3n) is 3.16. The standard InChI is InChI=1S/C14H14N4.2C2H6/c1-9-8-13(12-4-6-15-7-5-12)14-16-10(2)11(3)18(14)17-9;2*1-2/h4-8H,1-3H3;2*1-2H3. The fraction of sp³-hybridized carbons (Fsp3) is 0.389. The van der Waals surface area contributed by atoms with Crippen LogP contribution in [-0.2, 0) is 0 Å². The SMILES string of the molecule is CC.CC.Cc1cc(-c2ccncc2)c2nc(C)c(C)n2n1. The van der Waals surface area contributed by atoms with Crippen molar-refractivity contribution in [2.45, 2.75) is 48.5 Å². The molecule has 0 saturated heterocycles. The molecule has 0 N–H and O–H groups in total. The normalized spacial score (nSPS) is 9.59. The highest BCUT2D eigenvalue weighted by Crippen LogP contribution is 2.25. The summed E-state index contributed by atoms with van der Waals surface area (Å²) < 4.78 is 1.92. The van der Waals surface area contributed by atoms with Crippen LogP contribution in [0.4, 0.5) is 0 Å². The third kappa shape index (κ3) is 3.50. The Kier molecular flexibility index (Phi) is 6.70. The number of imidazole rings is 1. The molecule has 3 rings (SSSR count). The van der Waals surface area contributed by atoms with E-state index in [1.165, 1.54) is 0 Å². The maximum atomic E-state index is 4.61. The molecule has 0 aliphatic heterocycles. The molecule has 0 fully saturated rings. The Labute approximate surface area is 133 Å². The van der Waals surface area contributed by atoms with Crippen molar-refractivity contribution in [3.05, 3.63) is 47.7 Å². The maximum absolute atomic E-state index is 4.61. The number of hydrogen-bond acceptors (Lipinski definition) is 3. The Morgan fingerprint density at radius 2 is 1.50 bits per heavy atom. The van der Waals surface area contributed by atoms with E-state index in [1.54, 1.807) is 12.4 Å². The van der Waals surface area contributed by atoms with Crippen LogP contribution in [0.15, 0.2) is 30.6 Å². The fourth-order valence-corrected chi connectivity index (χ4v) is 2.10. The summed E-state index contributed by atoms with van der Waals surface area (Å²) in [6, 6.07) is 6.05. The molecular weight excluding hydrogens is 272 g/mol. The van der Waals surface area contributed by atoms with Crippen molar-refractivity contribution in [1.29, 1.82) is 0 Å². The number of nitrogens with zero attached hydrogens (tertiary/aromatic N) is 4. The minimum atomic E-state index is 0.904. The van der Waals surface area contributed by atoms with E-state index in [0.717, 1.165) is 33.9 Å². The lowest BCUT2D eigenvalue weighted by Crippen LogP contribution is -1.98. The van der Waals surface area contributed by atoms with Gasteiger partial charge in [0.25, 0.3) is 0 Å². The molecule has 0 spiro atoms. The lowest BCUT2D eigenvalue weighted by molar-refractivity contribution is 0.869. The Hall–Kier alpha value is -2.23. The summed E-state index contributed by atoms with van der Waals surface area (Å²) in [5.74, 6) is 0. The lowest BCUT2D eigenvalue weighted by atomic mass is 10.1. The molecule has 0 radical (unpaired) electrons. The minimum Gasteiger partial charge on any atom is -0.265 e. The second-order valence-corrected chi connectivity index (χ2v) is 4.45. The third-order valence-corrected chi connectivity index (χ3v) is 3.16. The van der Waals surface area contributed by atoms with E-state index >= 15 is 0 Å². The van der Waals surface area contributed by atoms with E-state index in [1.807, 2.05) is 65.1 Å². The molecule has 0 unspecified atom stereocenters. The molecule has 0 bridgehead atoms. The number of aryl methyl sites for hydroxylation is 3. The Morgan fingerprint density at radius 3 is 2.09 bits per heavy atom. The molecule has 0 saturated carbocycles. The molecule has 0 aliphatic rings. The maximum Gasteiger partial charge on any atom is 0.161 e. The number of aromatic nitrogens is 4. The van der Waals surface area contributed by atoms with E-state index in [9.17, 15) is 0 Å². The fourth-order valence-electron chi connectivity index (χ4n) is 2.10. The summed E-state index contributed by atoms with van der Waals surface area (Å²) in [6.07, 6.45) is 3.59. The van der Waals surface area contributed by atoms with E-state index in [-0.39, 0.29) is 0 Å². The zero-order chi connectivity index (χ0) is 16.7. The van der Waals surface area contributed by atoms with Crippen molar-refractivity contribution in [3.8, 4) is 11.1 Å². The zero-order valence-corrected chi connectivity index (χ0v) is 14.7. The van der Waals surface area contributed by atoms with Gasteiger partial charge in [-0.2, -0.15) is 5.10 Å². The van der Waals surface area contributed by atoms with Gasteiger partial charge in [0.05, 0.1) is 17.1 Å². The summed E-state index contributed by atoms with van der Waals surface area (Å²) in [6.45, 7) is 14.0. The van der Waals surface area contributed by atoms with Crippen LogP contribution in [0, 0.1) is 20.8 Å². The Balaban J connectivity index is 0.000000561. The second-order valence-electron chi connectivity index (χ2n) is 4.45. The van der Waals surface area contributed by atoms with Gasteiger partial charge in [0.2, 0.25) is 0 Å². The van der Waals surface area contributed by atoms with Gasteiger partial charge in [0, 0.05) is 18.0 Å². The molecule has 22 heavy (non-hydrogen) atoms. The van der Waals surface area contributed by atoms with Gasteiger partial charge in [-0.05, 0) is 44.5 Å². The molecular formula is C18H26N4. The molecule has 4 nitrogen and oxygen atoms in total. The van der Waals surface area contributed by atoms with Gasteiger partial charge in [0.15, 0.2) is 5.65 Å². The number of fused-ring (bicyclic) bond motifs is 1. The predicted molar refractivity (Wildman–Crippen MR) is 93.1 cm³/mol. The summed E-state index contributed by atoms with van der Waals surface area (Å²) in [5.41, 5.74) is 6.20. The molecule has 0 aromatic carbocycles. The summed E-state index contributed by atoms with van der Waals surface area (Å²) >= 11 is 0. The molecule has 118 valence electrons. The van der Waals surface area contributed by atoms with Gasteiger partial charge in [-0.25, -0.2) is 9.50 Å². The van der Waals surface area contributed by atoms with Crippen molar-refractivity contribution in [3.63, 3.8) is 0 Å². The van der Waals surface area contributed by atoms with Crippen LogP contribution in [-0.4, -0.2) is 19.6 Å². The zero-order valence-electron chi connectivity index (χ0n) is 14.7. The molecule has 3 heterocycles. The van der Waals surface area contributed by atoms with Crippen molar-refractivity contribution < 1.29 is 0 Å². The van der Waals surface area contributed by atoms with Crippen LogP contribution in [0.25, 0.3) is 16.8 Å². The highest BCUT2D eigenvalue weighted by Gasteiger charge is 2.12. The minimum absolute atomic E-state index is 0.904. The monoisotopic (exact) mass is 298 g/mol. The van der Waals surface area contributed by atoms with Crippen molar-refractivity contribution >= 4 is 5.65 Å². The van der Waals surface area contributed by atoms with Crippen LogP contribution in [0.2, 0.25) is 0 Å². The van der Waals surface area contributed by atoms with Crippen LogP contribution in [0.1, 0.15) is 44.8 Å². The van der Waals surface area contributed by atoms with Crippen LogP contribution < -0.4 is 0 Å². The first kappa shape index (κ1) is 17.8. The van der Waals surface area contributed by atoms with Gasteiger partial charge in [-0.3, -0.25) is 4.98 Å². The Bertz CT molecular complexity index is 715. The van der Waals surface area contributed by atoms with Crippen molar-refractivity contribution in [1.82, 2.24) is 19.6 Å². The van der Waals surface area contributed by atoms with Gasteiger partial charge in [-0.15, -0.1) is 0 Å². The molecule has 3 aromatic rings. The second kappa shape index (κ2) is 8.27. The highest BCUT2D eigenvalue weighted by molar-refractivity contribution is 5.77. The van der Waals surface area contributed by atoms with Crippen LogP contribution in [0.5, 0.6) is 0 Å². The molecule has 3 aromatic heterocycles. The van der Waals surface area contributed by atoms with Gasteiger partial charge in [-0.1, -0.05) is 27.7 Å². The summed E-state index contributed by atoms with van der Waals surface area (Å²) in [5, 5.41) is 4.52. The molecule has 0 amide bonds. The molecule has 4 heteroatoms. The summed E-state index contributed by atoms with van der Waals surface area (Å²) in [4.78, 5) is 8.66. The van der Waals surface area contributed by atoms with Gasteiger partial charge >= 0.3 is 0 Å². The van der Waals surface area contributed by atoms with Crippen molar-refractivity contribution in [2.24, 2.45) is 0 Å². The Morgan fingerprint density at radius 1 is 0.909 bits per heavy atom. The topological polar surface area (TPSA) is 43.1 Å². The number of pyridine rings is 1. The number of rotatable bonds is 1. The van der Waals surface area contributed by atoms with E-state index < -0.39 is 0 Å². The first-order valence-corrected chi connectivity index (χ1v) is 7.91. The van der Waals surface area contributed by atoms with Crippen LogP contribution in [0.3, 0.4) is 0 Å². The van der Waals surface area contributed by atoms with E-state index in [2.05, 4.69) is 21.1 Å². The highest BCUT2D eigenvalue weighted by atomic mass is 15.3. The smallest absolute Gasteiger partial charge is 0.161 e. The number of hydrogen-bond donors (Lipinski definition) is 0. The quantitative estimate of drug-likeness (QED) is 0.650. The van der Waals surface area contributed by atoms with E-state index in [0.29, 0.717) is 0 Å². The predicted octanol–water partition coefficient (Wildman–Crippen LogP) is 4.77. The van der Waals surface area contributed by atoms with Gasteiger partial charge < -0.3 is 0 Å². The van der Waals surface area contributed by atoms with Crippen LogP contribution >= 0.6 is 0 Å². The van der Waals surface area contributed by atoms with Crippen molar-refractivity contribution in [2.75, 3.05) is 0 Å². The lowest BCUT2D eigenvalue weighted by Gasteiger charge is -2.05. The van der Waals surface area contributed by atoms with E-state index in [4.69, 9.17) is 0 Å². The largest absolute Gasteiger partial charge is 0.265 e. The molecule has 0 atom stereocenters. The van der Waals surface area contributed by atoms with Gasteiger partial charge in [0.1, 0.15) is 0 Å². The first-order chi connectivity index (χ1) is 10.7. The molecule has 0 aliphatic carbocycles. The summed E-state index contributed by atoms with van der Waals surface area (Å²) in [7, 11) is 0. The first-order valence-electron chi connectivity index (χ1n) is 7.91.